The van der Waals surface area contributed by atoms with Crippen molar-refractivity contribution >= 4 is 45.7 Å². The van der Waals surface area contributed by atoms with Crippen LogP contribution in [0.1, 0.15) is 18.1 Å². The van der Waals surface area contributed by atoms with E-state index in [0.29, 0.717) is 11.0 Å². The van der Waals surface area contributed by atoms with E-state index in [1.807, 2.05) is 66.1 Å². The van der Waals surface area contributed by atoms with Gasteiger partial charge in [-0.05, 0) is 61.9 Å². The van der Waals surface area contributed by atoms with Crippen molar-refractivity contribution in [3.8, 4) is 22.8 Å². The Labute approximate surface area is 248 Å². The van der Waals surface area contributed by atoms with E-state index in [0.717, 1.165) is 34.7 Å². The van der Waals surface area contributed by atoms with E-state index >= 15 is 0 Å². The number of nitrogens with one attached hydrogen (secondary N) is 1. The van der Waals surface area contributed by atoms with Crippen molar-refractivity contribution in [2.24, 2.45) is 5.10 Å². The lowest BCUT2D eigenvalue weighted by Crippen LogP contribution is -2.20. The predicted octanol–water partition coefficient (Wildman–Crippen LogP) is 6.62. The molecule has 0 aliphatic rings. The SMILES string of the molecule is CCn1c2ccccc2c2cc(/C=N\NC(=O)CSc3nnc(-c4ccc(C)cc4)n3-c3ccc(OC)cc3)ccc21. The Hall–Kier alpha value is -4.89. The van der Waals surface area contributed by atoms with Crippen LogP contribution in [-0.4, -0.2) is 44.3 Å². The minimum Gasteiger partial charge on any atom is -0.497 e. The van der Waals surface area contributed by atoms with Gasteiger partial charge in [-0.1, -0.05) is 65.9 Å². The van der Waals surface area contributed by atoms with E-state index in [4.69, 9.17) is 4.74 Å². The second kappa shape index (κ2) is 11.9. The van der Waals surface area contributed by atoms with Gasteiger partial charge in [-0.3, -0.25) is 9.36 Å². The van der Waals surface area contributed by atoms with Gasteiger partial charge in [0.1, 0.15) is 5.75 Å². The van der Waals surface area contributed by atoms with Crippen LogP contribution in [0.25, 0.3) is 38.9 Å². The molecule has 6 aromatic rings. The Morgan fingerprint density at radius 3 is 2.48 bits per heavy atom. The molecule has 0 fully saturated rings. The third-order valence-electron chi connectivity index (χ3n) is 7.12. The Bertz CT molecular complexity index is 1910. The molecular formula is C33H30N6O2S. The van der Waals surface area contributed by atoms with Crippen LogP contribution in [0.2, 0.25) is 0 Å². The summed E-state index contributed by atoms with van der Waals surface area (Å²) in [5, 5.41) is 16.1. The number of methoxy groups -OCH3 is 1. The van der Waals surface area contributed by atoms with Crippen molar-refractivity contribution in [3.05, 3.63) is 102 Å². The van der Waals surface area contributed by atoms with Gasteiger partial charge >= 0.3 is 0 Å². The number of thioether (sulfide) groups is 1. The number of carbonyl (C=O) groups excluding carboxylic acids is 1. The second-order valence-corrected chi connectivity index (χ2v) is 10.8. The van der Waals surface area contributed by atoms with Crippen molar-refractivity contribution in [2.45, 2.75) is 25.5 Å². The Morgan fingerprint density at radius 1 is 0.952 bits per heavy atom. The number of ether oxygens (including phenoxy) is 1. The molecule has 0 bridgehead atoms. The molecule has 0 spiro atoms. The van der Waals surface area contributed by atoms with E-state index < -0.39 is 0 Å². The molecule has 0 aliphatic heterocycles. The summed E-state index contributed by atoms with van der Waals surface area (Å²) in [6.07, 6.45) is 1.68. The molecule has 2 heterocycles. The van der Waals surface area contributed by atoms with Crippen molar-refractivity contribution in [2.75, 3.05) is 12.9 Å². The van der Waals surface area contributed by atoms with Crippen molar-refractivity contribution in [3.63, 3.8) is 0 Å². The minimum absolute atomic E-state index is 0.128. The lowest BCUT2D eigenvalue weighted by molar-refractivity contribution is -0.118. The number of benzene rings is 4. The first-order valence-corrected chi connectivity index (χ1v) is 14.7. The van der Waals surface area contributed by atoms with Gasteiger partial charge in [0.25, 0.3) is 5.91 Å². The van der Waals surface area contributed by atoms with Crippen molar-refractivity contribution in [1.82, 2.24) is 24.8 Å². The van der Waals surface area contributed by atoms with Gasteiger partial charge < -0.3 is 9.30 Å². The van der Waals surface area contributed by atoms with Crippen molar-refractivity contribution in [1.29, 1.82) is 0 Å². The first kappa shape index (κ1) is 27.3. The van der Waals surface area contributed by atoms with E-state index in [1.165, 1.54) is 33.6 Å². The third kappa shape index (κ3) is 5.38. The molecular weight excluding hydrogens is 544 g/mol. The number of rotatable bonds is 9. The Morgan fingerprint density at radius 2 is 1.71 bits per heavy atom. The number of aryl methyl sites for hydroxylation is 2. The summed E-state index contributed by atoms with van der Waals surface area (Å²) in [6, 6.07) is 30.4. The van der Waals surface area contributed by atoms with E-state index in [1.54, 1.807) is 13.3 Å². The summed E-state index contributed by atoms with van der Waals surface area (Å²) in [7, 11) is 1.64. The lowest BCUT2D eigenvalue weighted by atomic mass is 10.1. The molecule has 1 amide bonds. The van der Waals surface area contributed by atoms with Gasteiger partial charge in [-0.2, -0.15) is 5.10 Å². The van der Waals surface area contributed by atoms with Gasteiger partial charge in [0, 0.05) is 39.6 Å². The average molecular weight is 575 g/mol. The van der Waals surface area contributed by atoms with Crippen LogP contribution in [-0.2, 0) is 11.3 Å². The number of hydrogen-bond acceptors (Lipinski definition) is 6. The molecule has 0 saturated heterocycles. The van der Waals surface area contributed by atoms with Crippen LogP contribution in [0.15, 0.2) is 101 Å². The van der Waals surface area contributed by atoms with Crippen LogP contribution < -0.4 is 10.2 Å². The highest BCUT2D eigenvalue weighted by Gasteiger charge is 2.17. The molecule has 1 N–H and O–H groups in total. The molecule has 0 aliphatic carbocycles. The van der Waals surface area contributed by atoms with E-state index in [9.17, 15) is 4.79 Å². The van der Waals surface area contributed by atoms with Crippen molar-refractivity contribution < 1.29 is 9.53 Å². The highest BCUT2D eigenvalue weighted by atomic mass is 32.2. The maximum atomic E-state index is 12.8. The lowest BCUT2D eigenvalue weighted by Gasteiger charge is -2.11. The summed E-state index contributed by atoms with van der Waals surface area (Å²) >= 11 is 1.30. The fourth-order valence-electron chi connectivity index (χ4n) is 5.05. The van der Waals surface area contributed by atoms with Gasteiger partial charge in [0.15, 0.2) is 11.0 Å². The van der Waals surface area contributed by atoms with Crippen LogP contribution >= 0.6 is 11.8 Å². The second-order valence-electron chi connectivity index (χ2n) is 9.83. The first-order valence-electron chi connectivity index (χ1n) is 13.7. The molecule has 42 heavy (non-hydrogen) atoms. The fraction of sp³-hybridized carbons (Fsp3) is 0.152. The number of carbonyl (C=O) groups is 1. The first-order chi connectivity index (χ1) is 20.6. The number of hydrogen-bond donors (Lipinski definition) is 1. The highest BCUT2D eigenvalue weighted by molar-refractivity contribution is 7.99. The number of nitrogens with zero attached hydrogens (tertiary/aromatic N) is 5. The van der Waals surface area contributed by atoms with Crippen LogP contribution in [0.4, 0.5) is 0 Å². The Balaban J connectivity index is 1.18. The van der Waals surface area contributed by atoms with Crippen LogP contribution in [0.3, 0.4) is 0 Å². The topological polar surface area (TPSA) is 86.3 Å². The van der Waals surface area contributed by atoms with E-state index in [-0.39, 0.29) is 11.7 Å². The molecule has 6 rings (SSSR count). The molecule has 0 atom stereocenters. The summed E-state index contributed by atoms with van der Waals surface area (Å²) in [6.45, 7) is 5.09. The maximum absolute atomic E-state index is 12.8. The highest BCUT2D eigenvalue weighted by Crippen LogP contribution is 2.30. The zero-order valence-corrected chi connectivity index (χ0v) is 24.4. The molecule has 210 valence electrons. The summed E-state index contributed by atoms with van der Waals surface area (Å²) < 4.78 is 9.58. The zero-order valence-electron chi connectivity index (χ0n) is 23.6. The number of fused-ring (bicyclic) bond motifs is 3. The monoisotopic (exact) mass is 574 g/mol. The normalized spacial score (nSPS) is 11.5. The molecule has 2 aromatic heterocycles. The molecule has 0 saturated carbocycles. The smallest absolute Gasteiger partial charge is 0.250 e. The molecule has 9 heteroatoms. The molecule has 4 aromatic carbocycles. The van der Waals surface area contributed by atoms with Gasteiger partial charge in [0.05, 0.1) is 19.1 Å². The zero-order chi connectivity index (χ0) is 29.1. The number of amides is 1. The molecule has 0 unspecified atom stereocenters. The fourth-order valence-corrected chi connectivity index (χ4v) is 5.79. The molecule has 0 radical (unpaired) electrons. The summed E-state index contributed by atoms with van der Waals surface area (Å²) in [4.78, 5) is 12.8. The molecule has 8 nitrogen and oxygen atoms in total. The van der Waals surface area contributed by atoms with Crippen LogP contribution in [0.5, 0.6) is 5.75 Å². The van der Waals surface area contributed by atoms with Gasteiger partial charge in [-0.15, -0.1) is 10.2 Å². The van der Waals surface area contributed by atoms with Crippen LogP contribution in [0, 0.1) is 6.92 Å². The average Bonchev–Trinajstić information content (AvgIpc) is 3.59. The largest absolute Gasteiger partial charge is 0.497 e. The predicted molar refractivity (Wildman–Crippen MR) is 170 cm³/mol. The van der Waals surface area contributed by atoms with Gasteiger partial charge in [0.2, 0.25) is 0 Å². The summed E-state index contributed by atoms with van der Waals surface area (Å²) in [5.41, 5.74) is 8.93. The van der Waals surface area contributed by atoms with Gasteiger partial charge in [-0.25, -0.2) is 5.43 Å². The minimum atomic E-state index is -0.235. The standard InChI is InChI=1S/C33H30N6O2S/c1-4-38-29-8-6-5-7-27(29)28-19-23(11-18-30(28)38)20-34-35-31(40)21-42-33-37-36-32(24-12-9-22(2)10-13-24)39(33)25-14-16-26(41-3)17-15-25/h5-20H,4,21H2,1-3H3,(H,35,40)/b34-20-. The third-order valence-corrected chi connectivity index (χ3v) is 8.05. The Kier molecular flexibility index (Phi) is 7.74. The summed E-state index contributed by atoms with van der Waals surface area (Å²) in [5.74, 6) is 1.34. The maximum Gasteiger partial charge on any atom is 0.250 e. The number of aromatic nitrogens is 4. The van der Waals surface area contributed by atoms with E-state index in [2.05, 4.69) is 68.6 Å². The number of hydrazone groups is 1. The quantitative estimate of drug-likeness (QED) is 0.119. The number of para-hydroxylation sites is 1.